The van der Waals surface area contributed by atoms with E-state index in [9.17, 15) is 12.8 Å². The third kappa shape index (κ3) is 4.17. The van der Waals surface area contributed by atoms with Crippen LogP contribution in [-0.4, -0.2) is 26.6 Å². The fourth-order valence-electron chi connectivity index (χ4n) is 2.55. The Bertz CT molecular complexity index is 1020. The molecule has 0 radical (unpaired) electrons. The van der Waals surface area contributed by atoms with E-state index in [1.54, 1.807) is 13.1 Å². The van der Waals surface area contributed by atoms with Crippen molar-refractivity contribution in [1.29, 1.82) is 0 Å². The van der Waals surface area contributed by atoms with Gasteiger partial charge in [0.25, 0.3) is 0 Å². The van der Waals surface area contributed by atoms with Crippen LogP contribution < -0.4 is 9.46 Å². The lowest BCUT2D eigenvalue weighted by Gasteiger charge is -2.10. The molecule has 3 aromatic rings. The minimum atomic E-state index is -3.89. The van der Waals surface area contributed by atoms with Gasteiger partial charge in [-0.25, -0.2) is 17.5 Å². The summed E-state index contributed by atoms with van der Waals surface area (Å²) in [6.07, 6.45) is 2.13. The number of ether oxygens (including phenoxy) is 1. The zero-order valence-corrected chi connectivity index (χ0v) is 15.1. The molecule has 2 aromatic carbocycles. The van der Waals surface area contributed by atoms with E-state index in [1.807, 2.05) is 30.3 Å². The fraction of sp³-hybridized carbons (Fsp3) is 0.211. The summed E-state index contributed by atoms with van der Waals surface area (Å²) in [5.41, 5.74) is 1.44. The summed E-state index contributed by atoms with van der Waals surface area (Å²) < 4.78 is 46.3. The molecular formula is C19H19FN2O3S. The first-order valence-electron chi connectivity index (χ1n) is 8.20. The number of nitrogens with zero attached hydrogens (tertiary/aromatic N) is 1. The molecule has 7 heteroatoms. The first-order valence-corrected chi connectivity index (χ1v) is 9.68. The van der Waals surface area contributed by atoms with Crippen molar-refractivity contribution < 1.29 is 17.5 Å². The standard InChI is InChI=1S/C19H19FN2O3S/c1-14-8-9-16(20)18(13-14)26(23,24)22-11-4-12-25-17-7-2-5-15-6-3-10-21-19(15)17/h2-3,5-10,13,22H,4,11-12H2,1H3. The second-order valence-electron chi connectivity index (χ2n) is 5.86. The first-order chi connectivity index (χ1) is 12.5. The van der Waals surface area contributed by atoms with Gasteiger partial charge in [-0.3, -0.25) is 4.98 Å². The number of pyridine rings is 1. The minimum absolute atomic E-state index is 0.147. The van der Waals surface area contributed by atoms with Crippen molar-refractivity contribution >= 4 is 20.9 Å². The molecule has 0 unspecified atom stereocenters. The molecular weight excluding hydrogens is 355 g/mol. The van der Waals surface area contributed by atoms with Crippen LogP contribution >= 0.6 is 0 Å². The number of hydrogen-bond donors (Lipinski definition) is 1. The van der Waals surface area contributed by atoms with Crippen LogP contribution in [0.25, 0.3) is 10.9 Å². The number of para-hydroxylation sites is 1. The van der Waals surface area contributed by atoms with Crippen LogP contribution in [0, 0.1) is 12.7 Å². The Kier molecular flexibility index (Phi) is 5.49. The van der Waals surface area contributed by atoms with Gasteiger partial charge in [0.05, 0.1) is 6.61 Å². The van der Waals surface area contributed by atoms with Crippen LogP contribution in [0.4, 0.5) is 4.39 Å². The van der Waals surface area contributed by atoms with Crippen molar-refractivity contribution in [3.63, 3.8) is 0 Å². The van der Waals surface area contributed by atoms with Crippen LogP contribution in [0.1, 0.15) is 12.0 Å². The lowest BCUT2D eigenvalue weighted by atomic mass is 10.2. The zero-order valence-electron chi connectivity index (χ0n) is 14.3. The van der Waals surface area contributed by atoms with E-state index < -0.39 is 15.8 Å². The summed E-state index contributed by atoms with van der Waals surface area (Å²) >= 11 is 0. The normalized spacial score (nSPS) is 11.6. The van der Waals surface area contributed by atoms with E-state index in [2.05, 4.69) is 9.71 Å². The van der Waals surface area contributed by atoms with Crippen LogP contribution in [0.15, 0.2) is 59.6 Å². The largest absolute Gasteiger partial charge is 0.491 e. The number of aromatic nitrogens is 1. The predicted octanol–water partition coefficient (Wildman–Crippen LogP) is 3.43. The highest BCUT2D eigenvalue weighted by Crippen LogP contribution is 2.23. The van der Waals surface area contributed by atoms with Gasteiger partial charge >= 0.3 is 0 Å². The molecule has 1 N–H and O–H groups in total. The quantitative estimate of drug-likeness (QED) is 0.644. The third-order valence-corrected chi connectivity index (χ3v) is 5.32. The second kappa shape index (κ2) is 7.80. The van der Waals surface area contributed by atoms with Crippen molar-refractivity contribution in [2.24, 2.45) is 0 Å². The van der Waals surface area contributed by atoms with Crippen LogP contribution in [0.5, 0.6) is 5.75 Å². The number of sulfonamides is 1. The molecule has 0 saturated carbocycles. The summed E-state index contributed by atoms with van der Waals surface area (Å²) in [5, 5.41) is 0.973. The molecule has 0 aliphatic carbocycles. The minimum Gasteiger partial charge on any atom is -0.491 e. The topological polar surface area (TPSA) is 68.3 Å². The summed E-state index contributed by atoms with van der Waals surface area (Å²) in [5.74, 6) is -0.114. The van der Waals surface area contributed by atoms with E-state index >= 15 is 0 Å². The predicted molar refractivity (Wildman–Crippen MR) is 98.2 cm³/mol. The first kappa shape index (κ1) is 18.3. The summed E-state index contributed by atoms with van der Waals surface area (Å²) in [4.78, 5) is 3.96. The Morgan fingerprint density at radius 2 is 1.96 bits per heavy atom. The highest BCUT2D eigenvalue weighted by molar-refractivity contribution is 7.89. The fourth-order valence-corrected chi connectivity index (χ4v) is 3.78. The highest BCUT2D eigenvalue weighted by atomic mass is 32.2. The molecule has 0 aliphatic heterocycles. The van der Waals surface area contributed by atoms with Gasteiger partial charge in [0, 0.05) is 18.1 Å². The van der Waals surface area contributed by atoms with E-state index in [0.29, 0.717) is 24.3 Å². The summed E-state index contributed by atoms with van der Waals surface area (Å²) in [6.45, 7) is 2.17. The van der Waals surface area contributed by atoms with Crippen molar-refractivity contribution in [2.45, 2.75) is 18.2 Å². The number of rotatable bonds is 7. The molecule has 0 atom stereocenters. The molecule has 5 nitrogen and oxygen atoms in total. The summed E-state index contributed by atoms with van der Waals surface area (Å²) in [7, 11) is -3.89. The molecule has 0 saturated heterocycles. The van der Waals surface area contributed by atoms with Gasteiger partial charge in [0.15, 0.2) is 0 Å². The molecule has 1 heterocycles. The van der Waals surface area contributed by atoms with Gasteiger partial charge in [-0.1, -0.05) is 24.3 Å². The molecule has 0 spiro atoms. The number of fused-ring (bicyclic) bond motifs is 1. The van der Waals surface area contributed by atoms with Crippen LogP contribution in [0.2, 0.25) is 0 Å². The molecule has 3 rings (SSSR count). The van der Waals surface area contributed by atoms with E-state index in [0.717, 1.165) is 17.0 Å². The molecule has 0 amide bonds. The SMILES string of the molecule is Cc1ccc(F)c(S(=O)(=O)NCCCOc2cccc3cccnc23)c1. The van der Waals surface area contributed by atoms with Gasteiger partial charge in [0.1, 0.15) is 22.0 Å². The summed E-state index contributed by atoms with van der Waals surface area (Å²) in [6, 6.07) is 13.4. The third-order valence-electron chi connectivity index (χ3n) is 3.84. The van der Waals surface area contributed by atoms with Gasteiger partial charge < -0.3 is 4.74 Å². The number of hydrogen-bond acceptors (Lipinski definition) is 4. The number of halogens is 1. The maximum atomic E-state index is 13.8. The monoisotopic (exact) mass is 374 g/mol. The van der Waals surface area contributed by atoms with Gasteiger partial charge in [0.2, 0.25) is 10.0 Å². The number of nitrogens with one attached hydrogen (secondary N) is 1. The Labute approximate surface area is 151 Å². The molecule has 136 valence electrons. The maximum absolute atomic E-state index is 13.8. The average molecular weight is 374 g/mol. The van der Waals surface area contributed by atoms with Gasteiger partial charge in [-0.15, -0.1) is 0 Å². The van der Waals surface area contributed by atoms with E-state index in [1.165, 1.54) is 12.1 Å². The Balaban J connectivity index is 1.56. The maximum Gasteiger partial charge on any atom is 0.243 e. The van der Waals surface area contributed by atoms with Gasteiger partial charge in [-0.2, -0.15) is 0 Å². The van der Waals surface area contributed by atoms with Crippen LogP contribution in [-0.2, 0) is 10.0 Å². The van der Waals surface area contributed by atoms with E-state index in [4.69, 9.17) is 4.74 Å². The molecule has 0 fully saturated rings. The Hall–Kier alpha value is -2.51. The van der Waals surface area contributed by atoms with Crippen molar-refractivity contribution in [3.8, 4) is 5.75 Å². The van der Waals surface area contributed by atoms with Crippen LogP contribution in [0.3, 0.4) is 0 Å². The smallest absolute Gasteiger partial charge is 0.243 e. The number of benzene rings is 2. The Morgan fingerprint density at radius 3 is 2.81 bits per heavy atom. The average Bonchev–Trinajstić information content (AvgIpc) is 2.63. The van der Waals surface area contributed by atoms with E-state index in [-0.39, 0.29) is 11.4 Å². The highest BCUT2D eigenvalue weighted by Gasteiger charge is 2.18. The van der Waals surface area contributed by atoms with Gasteiger partial charge in [-0.05, 0) is 43.2 Å². The Morgan fingerprint density at radius 1 is 1.15 bits per heavy atom. The second-order valence-corrected chi connectivity index (χ2v) is 7.60. The molecule has 1 aromatic heterocycles. The lowest BCUT2D eigenvalue weighted by Crippen LogP contribution is -2.26. The molecule has 0 aliphatic rings. The lowest BCUT2D eigenvalue weighted by molar-refractivity contribution is 0.314. The molecule has 0 bridgehead atoms. The van der Waals surface area contributed by atoms with Crippen molar-refractivity contribution in [2.75, 3.05) is 13.2 Å². The van der Waals surface area contributed by atoms with Crippen molar-refractivity contribution in [3.05, 3.63) is 66.1 Å². The molecule has 26 heavy (non-hydrogen) atoms. The number of aryl methyl sites for hydroxylation is 1. The van der Waals surface area contributed by atoms with Crippen molar-refractivity contribution in [1.82, 2.24) is 9.71 Å². The zero-order chi connectivity index (χ0) is 18.6.